The fourth-order valence-corrected chi connectivity index (χ4v) is 3.19. The molecule has 0 unspecified atom stereocenters. The van der Waals surface area contributed by atoms with E-state index in [0.29, 0.717) is 11.3 Å². The van der Waals surface area contributed by atoms with Crippen LogP contribution in [0.2, 0.25) is 0 Å². The maximum Gasteiger partial charge on any atom is 0.252 e. The van der Waals surface area contributed by atoms with Gasteiger partial charge in [0.25, 0.3) is 5.91 Å². The van der Waals surface area contributed by atoms with Gasteiger partial charge in [-0.3, -0.25) is 4.79 Å². The van der Waals surface area contributed by atoms with Crippen LogP contribution in [-0.4, -0.2) is 5.91 Å². The molecule has 0 fully saturated rings. The average molecular weight is 379 g/mol. The van der Waals surface area contributed by atoms with Crippen molar-refractivity contribution in [2.45, 2.75) is 6.04 Å². The summed E-state index contributed by atoms with van der Waals surface area (Å²) in [4.78, 5) is 13.0. The van der Waals surface area contributed by atoms with E-state index >= 15 is 0 Å². The maximum atomic E-state index is 13.0. The number of carbonyl (C=O) groups is 1. The quantitative estimate of drug-likeness (QED) is 0.446. The Labute approximate surface area is 170 Å². The van der Waals surface area contributed by atoms with E-state index in [-0.39, 0.29) is 11.9 Å². The lowest BCUT2D eigenvalue weighted by molar-refractivity contribution is 0.0942. The average Bonchev–Trinajstić information content (AvgIpc) is 2.79. The van der Waals surface area contributed by atoms with Crippen LogP contribution in [0.4, 0.5) is 0 Å². The van der Waals surface area contributed by atoms with E-state index in [1.807, 2.05) is 103 Å². The highest BCUT2D eigenvalue weighted by molar-refractivity contribution is 5.95. The van der Waals surface area contributed by atoms with Crippen molar-refractivity contribution in [2.75, 3.05) is 0 Å². The number of ether oxygens (including phenoxy) is 1. The standard InChI is InChI=1S/C26H21NO2/c28-26(22-15-10-18-24(19-22)29-23-16-8-3-9-17-23)27-25(20-11-4-1-5-12-20)21-13-6-2-7-14-21/h1-19,25H,(H,27,28). The summed E-state index contributed by atoms with van der Waals surface area (Å²) in [7, 11) is 0. The summed E-state index contributed by atoms with van der Waals surface area (Å²) in [6.45, 7) is 0. The molecule has 0 heterocycles. The molecule has 3 nitrogen and oxygen atoms in total. The van der Waals surface area contributed by atoms with E-state index in [1.54, 1.807) is 12.1 Å². The summed E-state index contributed by atoms with van der Waals surface area (Å²) in [6.07, 6.45) is 0. The first kappa shape index (κ1) is 18.5. The van der Waals surface area contributed by atoms with Gasteiger partial charge in [-0.15, -0.1) is 0 Å². The van der Waals surface area contributed by atoms with Crippen molar-refractivity contribution in [3.63, 3.8) is 0 Å². The second kappa shape index (κ2) is 8.89. The van der Waals surface area contributed by atoms with Crippen molar-refractivity contribution in [1.29, 1.82) is 0 Å². The summed E-state index contributed by atoms with van der Waals surface area (Å²) in [5.74, 6) is 1.21. The van der Waals surface area contributed by atoms with Crippen LogP contribution in [0.1, 0.15) is 27.5 Å². The van der Waals surface area contributed by atoms with Gasteiger partial charge < -0.3 is 10.1 Å². The van der Waals surface area contributed by atoms with Gasteiger partial charge in [0.2, 0.25) is 0 Å². The topological polar surface area (TPSA) is 38.3 Å². The Morgan fingerprint density at radius 1 is 0.621 bits per heavy atom. The zero-order chi connectivity index (χ0) is 19.9. The third-order valence-electron chi connectivity index (χ3n) is 4.62. The summed E-state index contributed by atoms with van der Waals surface area (Å²) in [5, 5.41) is 3.16. The normalized spacial score (nSPS) is 10.5. The molecule has 1 amide bonds. The Morgan fingerprint density at radius 2 is 1.14 bits per heavy atom. The molecule has 142 valence electrons. The molecule has 0 aliphatic carbocycles. The molecule has 4 rings (SSSR count). The van der Waals surface area contributed by atoms with Gasteiger partial charge in [-0.1, -0.05) is 84.9 Å². The van der Waals surface area contributed by atoms with Gasteiger partial charge in [0.15, 0.2) is 0 Å². The molecule has 4 aromatic carbocycles. The summed E-state index contributed by atoms with van der Waals surface area (Å²) < 4.78 is 5.86. The van der Waals surface area contributed by atoms with Gasteiger partial charge in [-0.2, -0.15) is 0 Å². The number of hydrogen-bond acceptors (Lipinski definition) is 2. The van der Waals surface area contributed by atoms with Crippen molar-refractivity contribution in [3.8, 4) is 11.5 Å². The van der Waals surface area contributed by atoms with Crippen LogP contribution in [0.3, 0.4) is 0 Å². The van der Waals surface area contributed by atoms with Crippen molar-refractivity contribution in [1.82, 2.24) is 5.32 Å². The van der Waals surface area contributed by atoms with Gasteiger partial charge in [-0.05, 0) is 41.5 Å². The summed E-state index contributed by atoms with van der Waals surface area (Å²) >= 11 is 0. The molecule has 0 spiro atoms. The predicted octanol–water partition coefficient (Wildman–Crippen LogP) is 6.00. The number of nitrogens with one attached hydrogen (secondary N) is 1. The molecule has 0 radical (unpaired) electrons. The number of amides is 1. The molecule has 0 saturated heterocycles. The molecule has 29 heavy (non-hydrogen) atoms. The Morgan fingerprint density at radius 3 is 1.72 bits per heavy atom. The molecular formula is C26H21NO2. The molecule has 4 aromatic rings. The zero-order valence-corrected chi connectivity index (χ0v) is 15.9. The van der Waals surface area contributed by atoms with Crippen LogP contribution in [0.5, 0.6) is 11.5 Å². The Balaban J connectivity index is 1.57. The van der Waals surface area contributed by atoms with E-state index in [4.69, 9.17) is 4.74 Å². The number of benzene rings is 4. The molecule has 1 N–H and O–H groups in total. The van der Waals surface area contributed by atoms with Crippen LogP contribution in [0.15, 0.2) is 115 Å². The van der Waals surface area contributed by atoms with Gasteiger partial charge >= 0.3 is 0 Å². The number of hydrogen-bond donors (Lipinski definition) is 1. The van der Waals surface area contributed by atoms with Crippen LogP contribution in [-0.2, 0) is 0 Å². The smallest absolute Gasteiger partial charge is 0.252 e. The van der Waals surface area contributed by atoms with Crippen molar-refractivity contribution in [2.24, 2.45) is 0 Å². The molecule has 0 saturated carbocycles. The number of rotatable bonds is 6. The summed E-state index contributed by atoms with van der Waals surface area (Å²) in [6, 6.07) is 36.4. The van der Waals surface area contributed by atoms with Gasteiger partial charge in [0, 0.05) is 5.56 Å². The molecular weight excluding hydrogens is 358 g/mol. The molecule has 0 aromatic heterocycles. The van der Waals surface area contributed by atoms with Crippen LogP contribution in [0.25, 0.3) is 0 Å². The Bertz CT molecular complexity index is 1020. The number of carbonyl (C=O) groups excluding carboxylic acids is 1. The lowest BCUT2D eigenvalue weighted by Gasteiger charge is -2.20. The first-order chi connectivity index (χ1) is 14.3. The molecule has 0 aliphatic heterocycles. The lowest BCUT2D eigenvalue weighted by atomic mass is 9.98. The summed E-state index contributed by atoms with van der Waals surface area (Å²) in [5.41, 5.74) is 2.61. The SMILES string of the molecule is O=C(NC(c1ccccc1)c1ccccc1)c1cccc(Oc2ccccc2)c1. The molecule has 0 atom stereocenters. The minimum atomic E-state index is -0.233. The Kier molecular flexibility index (Phi) is 5.68. The first-order valence-corrected chi connectivity index (χ1v) is 9.53. The van der Waals surface area contributed by atoms with Gasteiger partial charge in [0.05, 0.1) is 6.04 Å². The minimum Gasteiger partial charge on any atom is -0.457 e. The predicted molar refractivity (Wildman–Crippen MR) is 115 cm³/mol. The third kappa shape index (κ3) is 4.71. The zero-order valence-electron chi connectivity index (χ0n) is 15.9. The lowest BCUT2D eigenvalue weighted by Crippen LogP contribution is -2.29. The highest BCUT2D eigenvalue weighted by Gasteiger charge is 2.18. The van der Waals surface area contributed by atoms with E-state index < -0.39 is 0 Å². The largest absolute Gasteiger partial charge is 0.457 e. The van der Waals surface area contributed by atoms with Crippen molar-refractivity contribution in [3.05, 3.63) is 132 Å². The number of para-hydroxylation sites is 1. The van der Waals surface area contributed by atoms with Crippen molar-refractivity contribution >= 4 is 5.91 Å². The van der Waals surface area contributed by atoms with E-state index in [1.165, 1.54) is 0 Å². The Hall–Kier alpha value is -3.85. The van der Waals surface area contributed by atoms with Crippen LogP contribution < -0.4 is 10.1 Å². The second-order valence-electron chi connectivity index (χ2n) is 6.67. The van der Waals surface area contributed by atoms with Crippen LogP contribution >= 0.6 is 0 Å². The monoisotopic (exact) mass is 379 g/mol. The van der Waals surface area contributed by atoms with E-state index in [9.17, 15) is 4.79 Å². The molecule has 3 heteroatoms. The van der Waals surface area contributed by atoms with E-state index in [0.717, 1.165) is 16.9 Å². The van der Waals surface area contributed by atoms with Gasteiger partial charge in [-0.25, -0.2) is 0 Å². The van der Waals surface area contributed by atoms with Gasteiger partial charge in [0.1, 0.15) is 11.5 Å². The van der Waals surface area contributed by atoms with E-state index in [2.05, 4.69) is 5.32 Å². The third-order valence-corrected chi connectivity index (χ3v) is 4.62. The fraction of sp³-hybridized carbons (Fsp3) is 0.0385. The first-order valence-electron chi connectivity index (χ1n) is 9.53. The van der Waals surface area contributed by atoms with Crippen LogP contribution in [0, 0.1) is 0 Å². The van der Waals surface area contributed by atoms with Crippen molar-refractivity contribution < 1.29 is 9.53 Å². The fourth-order valence-electron chi connectivity index (χ4n) is 3.19. The second-order valence-corrected chi connectivity index (χ2v) is 6.67. The molecule has 0 aliphatic rings. The molecule has 0 bridgehead atoms. The highest BCUT2D eigenvalue weighted by atomic mass is 16.5. The minimum absolute atomic E-state index is 0.152. The maximum absolute atomic E-state index is 13.0. The highest BCUT2D eigenvalue weighted by Crippen LogP contribution is 2.24.